The molecule has 114 valence electrons. The number of nitrogens with two attached hydrogens (primary N) is 1. The van der Waals surface area contributed by atoms with Gasteiger partial charge in [-0.25, -0.2) is 20.8 Å². The van der Waals surface area contributed by atoms with Gasteiger partial charge in [-0.3, -0.25) is 5.43 Å². The van der Waals surface area contributed by atoms with Crippen molar-refractivity contribution in [2.45, 2.75) is 31.7 Å². The van der Waals surface area contributed by atoms with E-state index in [0.29, 0.717) is 6.04 Å². The third kappa shape index (κ3) is 3.41. The molecule has 0 aromatic carbocycles. The van der Waals surface area contributed by atoms with Crippen molar-refractivity contribution in [3.8, 4) is 0 Å². The van der Waals surface area contributed by atoms with Gasteiger partial charge in [0, 0.05) is 38.6 Å². The summed E-state index contributed by atoms with van der Waals surface area (Å²) in [6.07, 6.45) is 8.49. The molecular weight excluding hydrogens is 266 g/mol. The standard InChI is InChI=1S/C14H23N7/c15-19-14(18-12-4-1-2-5-12)21-10-8-20(9-11-21)13-16-6-3-7-17-13/h3,6-7,12H,1-2,4-5,8-11,15H2,(H,18,19). The summed E-state index contributed by atoms with van der Waals surface area (Å²) >= 11 is 0. The van der Waals surface area contributed by atoms with E-state index in [0.717, 1.165) is 38.1 Å². The Morgan fingerprint density at radius 2 is 1.81 bits per heavy atom. The van der Waals surface area contributed by atoms with E-state index in [9.17, 15) is 0 Å². The van der Waals surface area contributed by atoms with E-state index in [4.69, 9.17) is 10.8 Å². The molecule has 2 heterocycles. The van der Waals surface area contributed by atoms with Crippen LogP contribution in [0.5, 0.6) is 0 Å². The Hall–Kier alpha value is -1.89. The maximum atomic E-state index is 5.67. The van der Waals surface area contributed by atoms with Crippen LogP contribution in [-0.4, -0.2) is 53.0 Å². The fourth-order valence-corrected chi connectivity index (χ4v) is 2.99. The first kappa shape index (κ1) is 14.1. The van der Waals surface area contributed by atoms with Gasteiger partial charge in [0.05, 0.1) is 6.04 Å². The number of aromatic nitrogens is 2. The number of aliphatic imine (C=N–C) groups is 1. The monoisotopic (exact) mass is 289 g/mol. The number of anilines is 1. The summed E-state index contributed by atoms with van der Waals surface area (Å²) in [5.74, 6) is 7.29. The lowest BCUT2D eigenvalue weighted by Gasteiger charge is -2.36. The van der Waals surface area contributed by atoms with E-state index >= 15 is 0 Å². The molecule has 7 nitrogen and oxygen atoms in total. The Morgan fingerprint density at radius 3 is 2.43 bits per heavy atom. The van der Waals surface area contributed by atoms with Crippen LogP contribution in [0, 0.1) is 0 Å². The van der Waals surface area contributed by atoms with E-state index in [1.807, 2.05) is 6.07 Å². The summed E-state index contributed by atoms with van der Waals surface area (Å²) < 4.78 is 0. The summed E-state index contributed by atoms with van der Waals surface area (Å²) in [5, 5.41) is 0. The van der Waals surface area contributed by atoms with Crippen molar-refractivity contribution in [3.05, 3.63) is 18.5 Å². The molecule has 1 saturated heterocycles. The largest absolute Gasteiger partial charge is 0.338 e. The first-order valence-electron chi connectivity index (χ1n) is 7.68. The molecule has 1 aromatic heterocycles. The number of nitrogens with one attached hydrogen (secondary N) is 1. The molecule has 1 aliphatic carbocycles. The average molecular weight is 289 g/mol. The molecule has 2 fully saturated rings. The predicted molar refractivity (Wildman–Crippen MR) is 82.8 cm³/mol. The minimum absolute atomic E-state index is 0.437. The van der Waals surface area contributed by atoms with Gasteiger partial charge < -0.3 is 9.80 Å². The SMILES string of the molecule is NNC(=NC1CCCC1)N1CCN(c2ncccn2)CC1. The topological polar surface area (TPSA) is 82.7 Å². The summed E-state index contributed by atoms with van der Waals surface area (Å²) in [4.78, 5) is 17.8. The van der Waals surface area contributed by atoms with Crippen LogP contribution in [0.15, 0.2) is 23.5 Å². The summed E-state index contributed by atoms with van der Waals surface area (Å²) in [6.45, 7) is 3.53. The van der Waals surface area contributed by atoms with E-state index in [1.54, 1.807) is 12.4 Å². The lowest BCUT2D eigenvalue weighted by atomic mass is 10.3. The molecular formula is C14H23N7. The van der Waals surface area contributed by atoms with Crippen molar-refractivity contribution in [3.63, 3.8) is 0 Å². The zero-order valence-electron chi connectivity index (χ0n) is 12.3. The fraction of sp³-hybridized carbons (Fsp3) is 0.643. The third-order valence-corrected chi connectivity index (χ3v) is 4.17. The Labute approximate surface area is 125 Å². The highest BCUT2D eigenvalue weighted by Gasteiger charge is 2.22. The molecule has 0 atom stereocenters. The molecule has 7 heteroatoms. The van der Waals surface area contributed by atoms with Gasteiger partial charge in [-0.1, -0.05) is 12.8 Å². The second kappa shape index (κ2) is 6.71. The number of nitrogens with zero attached hydrogens (tertiary/aromatic N) is 5. The van der Waals surface area contributed by atoms with Crippen LogP contribution >= 0.6 is 0 Å². The number of hydrogen-bond acceptors (Lipinski definition) is 5. The van der Waals surface area contributed by atoms with Gasteiger partial charge in [-0.15, -0.1) is 0 Å². The smallest absolute Gasteiger partial charge is 0.225 e. The van der Waals surface area contributed by atoms with Gasteiger partial charge in [0.15, 0.2) is 0 Å². The van der Waals surface area contributed by atoms with Crippen LogP contribution in [0.25, 0.3) is 0 Å². The van der Waals surface area contributed by atoms with Crippen LogP contribution < -0.4 is 16.2 Å². The molecule has 21 heavy (non-hydrogen) atoms. The van der Waals surface area contributed by atoms with Gasteiger partial charge in [0.1, 0.15) is 0 Å². The van der Waals surface area contributed by atoms with E-state index in [-0.39, 0.29) is 0 Å². The summed E-state index contributed by atoms with van der Waals surface area (Å²) in [5.41, 5.74) is 2.78. The Balaban J connectivity index is 1.59. The highest BCUT2D eigenvalue weighted by molar-refractivity contribution is 5.79. The number of rotatable bonds is 2. The lowest BCUT2D eigenvalue weighted by molar-refractivity contribution is 0.368. The van der Waals surface area contributed by atoms with Crippen molar-refractivity contribution in [1.29, 1.82) is 0 Å². The molecule has 3 N–H and O–H groups in total. The average Bonchev–Trinajstić information content (AvgIpc) is 3.07. The van der Waals surface area contributed by atoms with Crippen LogP contribution in [0.4, 0.5) is 5.95 Å². The number of piperazine rings is 1. The van der Waals surface area contributed by atoms with Gasteiger partial charge in [0.2, 0.25) is 11.9 Å². The molecule has 0 spiro atoms. The normalized spacial score (nSPS) is 20.9. The number of guanidine groups is 1. The van der Waals surface area contributed by atoms with Crippen LogP contribution in [0.2, 0.25) is 0 Å². The van der Waals surface area contributed by atoms with Crippen molar-refractivity contribution in [2.75, 3.05) is 31.1 Å². The number of hydrogen-bond donors (Lipinski definition) is 2. The Kier molecular flexibility index (Phi) is 4.49. The van der Waals surface area contributed by atoms with Crippen LogP contribution in [-0.2, 0) is 0 Å². The highest BCUT2D eigenvalue weighted by Crippen LogP contribution is 2.21. The number of hydrazine groups is 1. The molecule has 1 aliphatic heterocycles. The molecule has 0 bridgehead atoms. The zero-order chi connectivity index (χ0) is 14.5. The zero-order valence-corrected chi connectivity index (χ0v) is 12.3. The predicted octanol–water partition coefficient (Wildman–Crippen LogP) is 0.361. The van der Waals surface area contributed by atoms with Crippen molar-refractivity contribution in [2.24, 2.45) is 10.8 Å². The minimum Gasteiger partial charge on any atom is -0.338 e. The first-order valence-corrected chi connectivity index (χ1v) is 7.68. The second-order valence-corrected chi connectivity index (χ2v) is 5.56. The van der Waals surface area contributed by atoms with Gasteiger partial charge >= 0.3 is 0 Å². The van der Waals surface area contributed by atoms with Gasteiger partial charge in [-0.05, 0) is 18.9 Å². The minimum atomic E-state index is 0.437. The van der Waals surface area contributed by atoms with Crippen LogP contribution in [0.3, 0.4) is 0 Å². The van der Waals surface area contributed by atoms with Crippen molar-refractivity contribution >= 4 is 11.9 Å². The van der Waals surface area contributed by atoms with Crippen LogP contribution in [0.1, 0.15) is 25.7 Å². The molecule has 0 radical (unpaired) electrons. The fourth-order valence-electron chi connectivity index (χ4n) is 2.99. The molecule has 1 saturated carbocycles. The molecule has 2 aliphatic rings. The highest BCUT2D eigenvalue weighted by atomic mass is 15.4. The third-order valence-electron chi connectivity index (χ3n) is 4.17. The molecule has 0 amide bonds. The molecule has 3 rings (SSSR count). The second-order valence-electron chi connectivity index (χ2n) is 5.56. The summed E-state index contributed by atoms with van der Waals surface area (Å²) in [7, 11) is 0. The Bertz CT molecular complexity index is 461. The first-order chi connectivity index (χ1) is 10.4. The maximum Gasteiger partial charge on any atom is 0.225 e. The lowest BCUT2D eigenvalue weighted by Crippen LogP contribution is -2.54. The maximum absolute atomic E-state index is 5.67. The molecule has 1 aromatic rings. The van der Waals surface area contributed by atoms with Crippen molar-refractivity contribution < 1.29 is 0 Å². The Morgan fingerprint density at radius 1 is 1.14 bits per heavy atom. The van der Waals surface area contributed by atoms with E-state index < -0.39 is 0 Å². The van der Waals surface area contributed by atoms with Gasteiger partial charge in [0.25, 0.3) is 0 Å². The molecule has 0 unspecified atom stereocenters. The quantitative estimate of drug-likeness (QED) is 0.354. The summed E-state index contributed by atoms with van der Waals surface area (Å²) in [6, 6.07) is 2.27. The van der Waals surface area contributed by atoms with Gasteiger partial charge in [-0.2, -0.15) is 0 Å². The van der Waals surface area contributed by atoms with E-state index in [2.05, 4.69) is 25.2 Å². The van der Waals surface area contributed by atoms with Crippen molar-refractivity contribution in [1.82, 2.24) is 20.3 Å². The van der Waals surface area contributed by atoms with E-state index in [1.165, 1.54) is 25.7 Å².